The lowest BCUT2D eigenvalue weighted by Crippen LogP contribution is -2.38. The first-order valence-corrected chi connectivity index (χ1v) is 7.54. The summed E-state index contributed by atoms with van der Waals surface area (Å²) in [5, 5.41) is 12.7. The summed E-state index contributed by atoms with van der Waals surface area (Å²) in [7, 11) is 0.926. The number of carboxylic acids is 1. The minimum atomic E-state index is -4.41. The number of pyridine rings is 1. The first-order chi connectivity index (χ1) is 12.5. The number of halogens is 4. The monoisotopic (exact) mass is 388 g/mol. The molecule has 27 heavy (non-hydrogen) atoms. The first kappa shape index (κ1) is 22.0. The predicted molar refractivity (Wildman–Crippen MR) is 86.8 cm³/mol. The Balaban J connectivity index is 0.000000387. The zero-order chi connectivity index (χ0) is 20.6. The maximum Gasteiger partial charge on any atom is 0.448 e. The molecule has 2 rings (SSSR count). The van der Waals surface area contributed by atoms with Crippen LogP contribution in [-0.4, -0.2) is 34.4 Å². The molecule has 2 heterocycles. The van der Waals surface area contributed by atoms with Crippen molar-refractivity contribution in [1.82, 2.24) is 10.1 Å². The Kier molecular flexibility index (Phi) is 7.82. The number of aliphatic carboxylic acids is 1. The molecule has 0 saturated heterocycles. The fourth-order valence-corrected chi connectivity index (χ4v) is 1.83. The summed E-state index contributed by atoms with van der Waals surface area (Å²) in [6.45, 7) is 4.68. The molecule has 0 bridgehead atoms. The summed E-state index contributed by atoms with van der Waals surface area (Å²) in [4.78, 5) is 14.5. The molecule has 0 aromatic carbocycles. The zero-order valence-electron chi connectivity index (χ0n) is 14.6. The summed E-state index contributed by atoms with van der Waals surface area (Å²) in [6, 6.07) is 3.19. The number of aryl methyl sites for hydroxylation is 2. The van der Waals surface area contributed by atoms with Gasteiger partial charge in [-0.2, -0.15) is 13.2 Å². The third-order valence-electron chi connectivity index (χ3n) is 3.21. The van der Waals surface area contributed by atoms with E-state index < -0.39 is 17.9 Å². The number of nitrogens with zero attached hydrogens (tertiary/aromatic N) is 3. The van der Waals surface area contributed by atoms with E-state index >= 15 is 0 Å². The second-order valence-electron chi connectivity index (χ2n) is 5.27. The van der Waals surface area contributed by atoms with E-state index in [1.165, 1.54) is 10.7 Å². The number of allylic oxidation sites excluding steroid dienone is 1. The van der Waals surface area contributed by atoms with Gasteiger partial charge in [0.2, 0.25) is 0 Å². The molecule has 2 aromatic rings. The molecule has 0 atom stereocenters. The SMILES string of the molecule is C=C(OC)C(F)(F)F.Cc1cc(F)cnc1-c1cc[n+](CCC(=O)O)nc1. The molecule has 0 unspecified atom stereocenters. The number of aromatic nitrogens is 3. The van der Waals surface area contributed by atoms with Crippen LogP contribution in [0.3, 0.4) is 0 Å². The maximum atomic E-state index is 13.0. The molecule has 146 valence electrons. The molecular weight excluding hydrogens is 370 g/mol. The number of hydrogen-bond acceptors (Lipinski definition) is 4. The average molecular weight is 388 g/mol. The maximum absolute atomic E-state index is 13.0. The van der Waals surface area contributed by atoms with Crippen molar-refractivity contribution < 1.29 is 36.9 Å². The Morgan fingerprint density at radius 3 is 2.44 bits per heavy atom. The summed E-state index contributed by atoms with van der Waals surface area (Å²) >= 11 is 0. The zero-order valence-corrected chi connectivity index (χ0v) is 14.6. The molecule has 1 N–H and O–H groups in total. The van der Waals surface area contributed by atoms with E-state index in [1.807, 2.05) is 0 Å². The Morgan fingerprint density at radius 1 is 1.37 bits per heavy atom. The summed E-state index contributed by atoms with van der Waals surface area (Å²) in [5.41, 5.74) is 2.16. The van der Waals surface area contributed by atoms with Gasteiger partial charge in [0, 0.05) is 11.6 Å². The van der Waals surface area contributed by atoms with Gasteiger partial charge in [-0.15, -0.1) is 0 Å². The van der Waals surface area contributed by atoms with Crippen molar-refractivity contribution in [2.75, 3.05) is 7.11 Å². The van der Waals surface area contributed by atoms with E-state index in [-0.39, 0.29) is 12.2 Å². The van der Waals surface area contributed by atoms with Crippen LogP contribution in [-0.2, 0) is 16.1 Å². The second kappa shape index (κ2) is 9.60. The molecule has 0 fully saturated rings. The summed E-state index contributed by atoms with van der Waals surface area (Å²) < 4.78 is 52.0. The number of methoxy groups -OCH3 is 1. The van der Waals surface area contributed by atoms with Crippen LogP contribution in [0.5, 0.6) is 0 Å². The van der Waals surface area contributed by atoms with Gasteiger partial charge in [-0.1, -0.05) is 11.3 Å². The Hall–Kier alpha value is -3.04. The molecule has 0 aliphatic heterocycles. The highest BCUT2D eigenvalue weighted by Crippen LogP contribution is 2.23. The fraction of sp³-hybridized carbons (Fsp3) is 0.294. The Labute approximate surface area is 152 Å². The van der Waals surface area contributed by atoms with Crippen LogP contribution < -0.4 is 4.68 Å². The van der Waals surface area contributed by atoms with E-state index in [4.69, 9.17) is 5.11 Å². The average Bonchev–Trinajstić information content (AvgIpc) is 2.59. The van der Waals surface area contributed by atoms with Gasteiger partial charge in [-0.05, 0) is 23.7 Å². The molecule has 0 amide bonds. The number of carbonyl (C=O) groups is 1. The van der Waals surface area contributed by atoms with Crippen LogP contribution in [0, 0.1) is 12.7 Å². The van der Waals surface area contributed by atoms with Gasteiger partial charge < -0.3 is 9.84 Å². The van der Waals surface area contributed by atoms with Crippen LogP contribution in [0.1, 0.15) is 12.0 Å². The molecule has 0 aliphatic carbocycles. The molecule has 0 saturated carbocycles. The third kappa shape index (κ3) is 7.38. The number of ether oxygens (including phenoxy) is 1. The molecule has 0 radical (unpaired) electrons. The minimum Gasteiger partial charge on any atom is -0.493 e. The van der Waals surface area contributed by atoms with Crippen LogP contribution >= 0.6 is 0 Å². The lowest BCUT2D eigenvalue weighted by atomic mass is 10.1. The molecule has 6 nitrogen and oxygen atoms in total. The standard InChI is InChI=1S/C13H12FN3O2.C4H5F3O/c1-9-6-11(14)8-15-13(9)10-2-4-17(16-7-10)5-3-12(18)19;1-3(8-2)4(5,6)7/h2,4,6-8H,3,5H2,1H3;1H2,2H3/p+1. The smallest absolute Gasteiger partial charge is 0.448 e. The first-order valence-electron chi connectivity index (χ1n) is 7.54. The molecule has 0 aliphatic rings. The number of hydrogen-bond donors (Lipinski definition) is 1. The van der Waals surface area contributed by atoms with Gasteiger partial charge in [0.25, 0.3) is 0 Å². The highest BCUT2D eigenvalue weighted by atomic mass is 19.4. The quantitative estimate of drug-likeness (QED) is 0.484. The lowest BCUT2D eigenvalue weighted by molar-refractivity contribution is -0.752. The number of rotatable bonds is 5. The van der Waals surface area contributed by atoms with E-state index in [9.17, 15) is 22.4 Å². The van der Waals surface area contributed by atoms with Gasteiger partial charge in [0.15, 0.2) is 18.5 Å². The van der Waals surface area contributed by atoms with Crippen LogP contribution in [0.25, 0.3) is 11.3 Å². The summed E-state index contributed by atoms with van der Waals surface area (Å²) in [6.07, 6.45) is 0.0469. The van der Waals surface area contributed by atoms with Gasteiger partial charge in [0.1, 0.15) is 18.4 Å². The summed E-state index contributed by atoms with van der Waals surface area (Å²) in [5.74, 6) is -2.41. The van der Waals surface area contributed by atoms with E-state index in [0.29, 0.717) is 12.2 Å². The molecule has 2 aromatic heterocycles. The Morgan fingerprint density at radius 2 is 2.04 bits per heavy atom. The number of carboxylic acid groups (broad SMARTS) is 1. The van der Waals surface area contributed by atoms with Crippen LogP contribution in [0.4, 0.5) is 17.6 Å². The van der Waals surface area contributed by atoms with Crippen molar-refractivity contribution in [2.24, 2.45) is 0 Å². The van der Waals surface area contributed by atoms with E-state index in [0.717, 1.165) is 24.4 Å². The Bertz CT molecular complexity index is 793. The van der Waals surface area contributed by atoms with Gasteiger partial charge in [-0.3, -0.25) is 9.78 Å². The fourth-order valence-electron chi connectivity index (χ4n) is 1.83. The minimum absolute atomic E-state index is 0.0187. The van der Waals surface area contributed by atoms with Gasteiger partial charge in [0.05, 0.1) is 19.0 Å². The lowest BCUT2D eigenvalue weighted by Gasteiger charge is -2.06. The van der Waals surface area contributed by atoms with E-state index in [2.05, 4.69) is 21.4 Å². The third-order valence-corrected chi connectivity index (χ3v) is 3.21. The molecule has 10 heteroatoms. The highest BCUT2D eigenvalue weighted by molar-refractivity contribution is 5.66. The van der Waals surface area contributed by atoms with Crippen molar-refractivity contribution in [3.63, 3.8) is 0 Å². The predicted octanol–water partition coefficient (Wildman–Crippen LogP) is 3.06. The molecular formula is C17H18F4N3O3+. The van der Waals surface area contributed by atoms with Crippen LogP contribution in [0.2, 0.25) is 0 Å². The van der Waals surface area contributed by atoms with E-state index in [1.54, 1.807) is 25.4 Å². The van der Waals surface area contributed by atoms with Crippen molar-refractivity contribution in [3.05, 3.63) is 54.4 Å². The molecule has 0 spiro atoms. The van der Waals surface area contributed by atoms with Crippen LogP contribution in [0.15, 0.2) is 43.1 Å². The number of alkyl halides is 3. The second-order valence-corrected chi connectivity index (χ2v) is 5.27. The highest BCUT2D eigenvalue weighted by Gasteiger charge is 2.33. The van der Waals surface area contributed by atoms with Crippen molar-refractivity contribution in [3.8, 4) is 11.3 Å². The normalized spacial score (nSPS) is 10.6. The largest absolute Gasteiger partial charge is 0.493 e. The van der Waals surface area contributed by atoms with Crippen molar-refractivity contribution >= 4 is 5.97 Å². The van der Waals surface area contributed by atoms with Gasteiger partial charge >= 0.3 is 12.1 Å². The van der Waals surface area contributed by atoms with Gasteiger partial charge in [-0.25, -0.2) is 4.39 Å². The van der Waals surface area contributed by atoms with Crippen molar-refractivity contribution in [2.45, 2.75) is 26.1 Å². The topological polar surface area (TPSA) is 76.2 Å². The van der Waals surface area contributed by atoms with Crippen molar-refractivity contribution in [1.29, 1.82) is 0 Å².